The summed E-state index contributed by atoms with van der Waals surface area (Å²) in [6, 6.07) is 6.46. The molecule has 0 atom stereocenters. The molecule has 3 rings (SSSR count). The molecule has 2 heterocycles. The van der Waals surface area contributed by atoms with Crippen molar-refractivity contribution in [3.63, 3.8) is 0 Å². The molecule has 0 N–H and O–H groups in total. The molecular formula is C20H25ClN4O5S2. The highest BCUT2D eigenvalue weighted by atomic mass is 35.5. The van der Waals surface area contributed by atoms with Crippen LogP contribution >= 0.6 is 35.1 Å². The third kappa shape index (κ3) is 5.47. The highest BCUT2D eigenvalue weighted by Gasteiger charge is 2.25. The van der Waals surface area contributed by atoms with E-state index >= 15 is 0 Å². The number of nitrogens with zero attached hydrogens (tertiary/aromatic N) is 4. The lowest BCUT2D eigenvalue weighted by Crippen LogP contribution is -2.38. The topological polar surface area (TPSA) is 98.0 Å². The van der Waals surface area contributed by atoms with E-state index in [0.29, 0.717) is 40.1 Å². The molecule has 0 bridgehead atoms. The Morgan fingerprint density at radius 3 is 2.31 bits per heavy atom. The number of ether oxygens (including phenoxy) is 2. The van der Waals surface area contributed by atoms with Gasteiger partial charge in [-0.15, -0.1) is 12.4 Å². The zero-order valence-electron chi connectivity index (χ0n) is 18.2. The summed E-state index contributed by atoms with van der Waals surface area (Å²) in [7, 11) is 3.12. The van der Waals surface area contributed by atoms with Crippen LogP contribution in [0.3, 0.4) is 0 Å². The van der Waals surface area contributed by atoms with Gasteiger partial charge in [0.1, 0.15) is 0 Å². The number of fused-ring (bicyclic) bond motifs is 1. The molecule has 0 aliphatic carbocycles. The molecule has 0 spiro atoms. The summed E-state index contributed by atoms with van der Waals surface area (Å²) in [5.41, 5.74) is 0.690. The van der Waals surface area contributed by atoms with Crippen LogP contribution in [0.4, 0.5) is 10.1 Å². The van der Waals surface area contributed by atoms with Crippen LogP contribution in [0, 0.1) is 10.1 Å². The van der Waals surface area contributed by atoms with E-state index in [1.807, 2.05) is 6.07 Å². The number of hydrogen-bond acceptors (Lipinski definition) is 9. The Hall–Kier alpha value is -2.47. The number of hydrogen-bond donors (Lipinski definition) is 0. The number of benzene rings is 1. The van der Waals surface area contributed by atoms with Crippen molar-refractivity contribution < 1.29 is 19.2 Å². The number of methoxy groups -OCH3 is 2. The minimum absolute atomic E-state index is 0. The first kappa shape index (κ1) is 25.8. The molecule has 0 aliphatic rings. The summed E-state index contributed by atoms with van der Waals surface area (Å²) >= 11 is 2.24. The maximum Gasteiger partial charge on any atom is 0.324 e. The summed E-state index contributed by atoms with van der Waals surface area (Å²) < 4.78 is 11.6. The van der Waals surface area contributed by atoms with Gasteiger partial charge in [0.05, 0.1) is 34.2 Å². The van der Waals surface area contributed by atoms with E-state index in [0.717, 1.165) is 29.1 Å². The van der Waals surface area contributed by atoms with Gasteiger partial charge in [-0.1, -0.05) is 36.5 Å². The molecule has 0 unspecified atom stereocenters. The van der Waals surface area contributed by atoms with E-state index in [1.165, 1.54) is 23.5 Å². The monoisotopic (exact) mass is 500 g/mol. The molecule has 174 valence electrons. The maximum absolute atomic E-state index is 13.3. The van der Waals surface area contributed by atoms with Crippen LogP contribution in [0.5, 0.6) is 11.5 Å². The predicted molar refractivity (Wildman–Crippen MR) is 130 cm³/mol. The first-order valence-electron chi connectivity index (χ1n) is 9.72. The lowest BCUT2D eigenvalue weighted by atomic mass is 10.3. The van der Waals surface area contributed by atoms with E-state index < -0.39 is 4.92 Å². The van der Waals surface area contributed by atoms with Crippen LogP contribution < -0.4 is 14.4 Å². The standard InChI is InChI=1S/C20H24N4O5S2.ClH/c1-5-22(6-2)9-10-23(19(25)16-7-8-18(30-16)24(26)27)20-21-13-11-14(28-3)15(29-4)12-17(13)31-20;/h7-8,11-12H,5-6,9-10H2,1-4H3;1H. The number of likely N-dealkylation sites (N-methyl/N-ethyl adjacent to an activating group) is 1. The van der Waals surface area contributed by atoms with Crippen molar-refractivity contribution in [3.8, 4) is 11.5 Å². The second-order valence-corrected chi connectivity index (χ2v) is 8.62. The highest BCUT2D eigenvalue weighted by Crippen LogP contribution is 2.38. The van der Waals surface area contributed by atoms with Gasteiger partial charge in [0, 0.05) is 31.3 Å². The first-order chi connectivity index (χ1) is 14.9. The van der Waals surface area contributed by atoms with Crippen molar-refractivity contribution in [3.05, 3.63) is 39.3 Å². The van der Waals surface area contributed by atoms with E-state index in [-0.39, 0.29) is 23.3 Å². The van der Waals surface area contributed by atoms with Crippen molar-refractivity contribution in [2.24, 2.45) is 0 Å². The lowest BCUT2D eigenvalue weighted by molar-refractivity contribution is -0.380. The number of thiophene rings is 1. The van der Waals surface area contributed by atoms with Gasteiger partial charge in [-0.3, -0.25) is 19.8 Å². The molecule has 0 fully saturated rings. The Balaban J connectivity index is 0.00000363. The number of nitro groups is 1. The number of amides is 1. The first-order valence-corrected chi connectivity index (χ1v) is 11.4. The fraction of sp³-hybridized carbons (Fsp3) is 0.400. The van der Waals surface area contributed by atoms with Crippen LogP contribution in [-0.2, 0) is 0 Å². The summed E-state index contributed by atoms with van der Waals surface area (Å²) in [5, 5.41) is 11.5. The molecule has 0 aliphatic heterocycles. The molecule has 0 saturated heterocycles. The van der Waals surface area contributed by atoms with Crippen LogP contribution in [0.2, 0.25) is 0 Å². The Labute approximate surface area is 200 Å². The number of carbonyl (C=O) groups is 1. The minimum Gasteiger partial charge on any atom is -0.493 e. The molecule has 0 saturated carbocycles. The number of rotatable bonds is 10. The van der Waals surface area contributed by atoms with Crippen LogP contribution in [0.1, 0.15) is 23.5 Å². The van der Waals surface area contributed by atoms with E-state index in [1.54, 1.807) is 25.2 Å². The third-order valence-corrected chi connectivity index (χ3v) is 6.94. The molecule has 1 aromatic carbocycles. The van der Waals surface area contributed by atoms with E-state index in [9.17, 15) is 14.9 Å². The van der Waals surface area contributed by atoms with Crippen LogP contribution in [0.15, 0.2) is 24.3 Å². The van der Waals surface area contributed by atoms with Crippen LogP contribution in [-0.4, -0.2) is 61.1 Å². The van der Waals surface area contributed by atoms with Crippen molar-refractivity contribution in [1.82, 2.24) is 9.88 Å². The molecule has 9 nitrogen and oxygen atoms in total. The fourth-order valence-electron chi connectivity index (χ4n) is 3.10. The molecule has 32 heavy (non-hydrogen) atoms. The minimum atomic E-state index is -0.488. The van der Waals surface area contributed by atoms with Gasteiger partial charge in [0.25, 0.3) is 5.91 Å². The van der Waals surface area contributed by atoms with E-state index in [2.05, 4.69) is 23.7 Å². The van der Waals surface area contributed by atoms with Gasteiger partial charge in [0.2, 0.25) is 0 Å². The van der Waals surface area contributed by atoms with Gasteiger partial charge in [-0.25, -0.2) is 4.98 Å². The smallest absolute Gasteiger partial charge is 0.324 e. The molecule has 12 heteroatoms. The predicted octanol–water partition coefficient (Wildman–Crippen LogP) is 4.69. The normalized spacial score (nSPS) is 10.8. The molecule has 3 aromatic rings. The van der Waals surface area contributed by atoms with Gasteiger partial charge in [-0.2, -0.15) is 0 Å². The number of anilines is 1. The fourth-order valence-corrected chi connectivity index (χ4v) is 4.87. The third-order valence-electron chi connectivity index (χ3n) is 4.88. The largest absolute Gasteiger partial charge is 0.493 e. The summed E-state index contributed by atoms with van der Waals surface area (Å²) in [4.78, 5) is 32.6. The summed E-state index contributed by atoms with van der Waals surface area (Å²) in [6.07, 6.45) is 0. The molecule has 0 radical (unpaired) electrons. The van der Waals surface area contributed by atoms with Gasteiger partial charge >= 0.3 is 5.00 Å². The quantitative estimate of drug-likeness (QED) is 0.294. The number of thiazole rings is 1. The zero-order valence-corrected chi connectivity index (χ0v) is 20.6. The Morgan fingerprint density at radius 1 is 1.09 bits per heavy atom. The van der Waals surface area contributed by atoms with Crippen molar-refractivity contribution in [1.29, 1.82) is 0 Å². The number of carbonyl (C=O) groups excluding carboxylic acids is 1. The summed E-state index contributed by atoms with van der Waals surface area (Å²) in [5.74, 6) is 0.838. The number of halogens is 1. The Kier molecular flexibility index (Phi) is 9.20. The second-order valence-electron chi connectivity index (χ2n) is 6.55. The Bertz CT molecular complexity index is 1040. The SMILES string of the molecule is CCN(CC)CCN(C(=O)c1ccc([N+](=O)[O-])s1)c1nc2cc(OC)c(OC)cc2s1.Cl. The Morgan fingerprint density at radius 2 is 1.75 bits per heavy atom. The number of aromatic nitrogens is 1. The van der Waals surface area contributed by atoms with Gasteiger partial charge < -0.3 is 14.4 Å². The highest BCUT2D eigenvalue weighted by molar-refractivity contribution is 7.22. The molecule has 1 amide bonds. The van der Waals surface area contributed by atoms with Crippen molar-refractivity contribution in [2.75, 3.05) is 45.3 Å². The van der Waals surface area contributed by atoms with Crippen molar-refractivity contribution in [2.45, 2.75) is 13.8 Å². The zero-order chi connectivity index (χ0) is 22.5. The van der Waals surface area contributed by atoms with Gasteiger partial charge in [0.15, 0.2) is 16.6 Å². The average molecular weight is 501 g/mol. The summed E-state index contributed by atoms with van der Waals surface area (Å²) in [6.45, 7) is 6.92. The maximum atomic E-state index is 13.3. The van der Waals surface area contributed by atoms with Gasteiger partial charge in [-0.05, 0) is 19.2 Å². The van der Waals surface area contributed by atoms with E-state index in [4.69, 9.17) is 9.47 Å². The second kappa shape index (κ2) is 11.4. The van der Waals surface area contributed by atoms with Crippen molar-refractivity contribution >= 4 is 61.3 Å². The lowest BCUT2D eigenvalue weighted by Gasteiger charge is -2.24. The average Bonchev–Trinajstić information content (AvgIpc) is 3.42. The molecule has 2 aromatic heterocycles. The molecular weight excluding hydrogens is 476 g/mol. The van der Waals surface area contributed by atoms with Crippen LogP contribution in [0.25, 0.3) is 10.2 Å².